The van der Waals surface area contributed by atoms with Gasteiger partial charge < -0.3 is 5.32 Å². The minimum absolute atomic E-state index is 0.0861. The second kappa shape index (κ2) is 4.49. The van der Waals surface area contributed by atoms with Gasteiger partial charge in [0.1, 0.15) is 0 Å². The normalized spacial score (nSPS) is 13.7. The van der Waals surface area contributed by atoms with Gasteiger partial charge >= 0.3 is 0 Å². The Balaban J connectivity index is 2.85. The van der Waals surface area contributed by atoms with Crippen molar-refractivity contribution in [3.63, 3.8) is 0 Å². The van der Waals surface area contributed by atoms with Crippen molar-refractivity contribution in [3.8, 4) is 0 Å². The van der Waals surface area contributed by atoms with E-state index in [1.54, 1.807) is 0 Å². The number of hydrogen-bond donors (Lipinski definition) is 1. The molecule has 0 radical (unpaired) electrons. The van der Waals surface area contributed by atoms with Crippen molar-refractivity contribution in [1.29, 1.82) is 0 Å². The van der Waals surface area contributed by atoms with E-state index in [-0.39, 0.29) is 21.9 Å². The largest absolute Gasteiger partial charge is 0.364 e. The van der Waals surface area contributed by atoms with E-state index in [1.165, 1.54) is 0 Å². The highest BCUT2D eigenvalue weighted by Gasteiger charge is 2.21. The van der Waals surface area contributed by atoms with Crippen molar-refractivity contribution >= 4 is 29.0 Å². The molecule has 0 aliphatic carbocycles. The van der Waals surface area contributed by atoms with Gasteiger partial charge in [-0.25, -0.2) is 0 Å². The average Bonchev–Trinajstić information content (AvgIpc) is 2.09. The molecule has 84 valence electrons. The topological polar surface area (TPSA) is 50.7 Å². The molecule has 0 fully saturated rings. The number of anilines is 1. The van der Waals surface area contributed by atoms with Crippen molar-refractivity contribution in [2.45, 2.75) is 33.7 Å². The minimum atomic E-state index is 0.0861. The average molecular weight is 249 g/mol. The first kappa shape index (κ1) is 12.5. The molecule has 0 bridgehead atoms. The molecule has 0 spiro atoms. The van der Waals surface area contributed by atoms with E-state index in [4.69, 9.17) is 23.2 Å². The quantitative estimate of drug-likeness (QED) is 0.875. The summed E-state index contributed by atoms with van der Waals surface area (Å²) in [7, 11) is 0. The monoisotopic (exact) mass is 248 g/mol. The Kier molecular flexibility index (Phi) is 3.73. The third-order valence-corrected chi connectivity index (χ3v) is 2.69. The second-order valence-corrected chi connectivity index (χ2v) is 5.15. The van der Waals surface area contributed by atoms with Gasteiger partial charge in [0.05, 0.1) is 0 Å². The maximum absolute atomic E-state index is 5.83. The SMILES string of the molecule is CC(Nc1nc(Cl)nnc1Cl)C(C)(C)C. The van der Waals surface area contributed by atoms with Crippen molar-refractivity contribution in [2.75, 3.05) is 5.32 Å². The van der Waals surface area contributed by atoms with E-state index >= 15 is 0 Å². The van der Waals surface area contributed by atoms with Gasteiger partial charge in [-0.2, -0.15) is 4.98 Å². The van der Waals surface area contributed by atoms with Gasteiger partial charge in [0.25, 0.3) is 0 Å². The molecule has 0 aromatic carbocycles. The molecular weight excluding hydrogens is 235 g/mol. The first-order chi connectivity index (χ1) is 6.80. The maximum Gasteiger partial charge on any atom is 0.245 e. The van der Waals surface area contributed by atoms with Gasteiger partial charge in [0.15, 0.2) is 11.0 Å². The van der Waals surface area contributed by atoms with E-state index in [1.807, 2.05) is 6.92 Å². The van der Waals surface area contributed by atoms with Crippen LogP contribution in [-0.4, -0.2) is 21.2 Å². The van der Waals surface area contributed by atoms with Crippen LogP contribution in [0.2, 0.25) is 10.4 Å². The summed E-state index contributed by atoms with van der Waals surface area (Å²) in [6.07, 6.45) is 0. The molecule has 1 N–H and O–H groups in total. The first-order valence-corrected chi connectivity index (χ1v) is 5.38. The highest BCUT2D eigenvalue weighted by atomic mass is 35.5. The molecule has 1 aromatic heterocycles. The van der Waals surface area contributed by atoms with Crippen LogP contribution in [0.3, 0.4) is 0 Å². The van der Waals surface area contributed by atoms with Crippen LogP contribution < -0.4 is 5.32 Å². The van der Waals surface area contributed by atoms with Crippen molar-refractivity contribution in [1.82, 2.24) is 15.2 Å². The fourth-order valence-electron chi connectivity index (χ4n) is 0.807. The van der Waals surface area contributed by atoms with Gasteiger partial charge in [-0.05, 0) is 23.9 Å². The standard InChI is InChI=1S/C9H14Cl2N4/c1-5(9(2,3)4)12-7-6(10)14-15-8(11)13-7/h5H,1-4H3,(H,12,13,15). The van der Waals surface area contributed by atoms with Crippen LogP contribution in [0.4, 0.5) is 5.82 Å². The Hall–Kier alpha value is -0.610. The Bertz CT molecular complexity index is 348. The molecule has 1 unspecified atom stereocenters. The van der Waals surface area contributed by atoms with Gasteiger partial charge in [0, 0.05) is 6.04 Å². The first-order valence-electron chi connectivity index (χ1n) is 4.63. The van der Waals surface area contributed by atoms with Crippen LogP contribution in [0.1, 0.15) is 27.7 Å². The van der Waals surface area contributed by atoms with Gasteiger partial charge in [-0.1, -0.05) is 32.4 Å². The molecule has 0 aliphatic heterocycles. The Morgan fingerprint density at radius 3 is 2.33 bits per heavy atom. The molecule has 1 heterocycles. The third-order valence-electron chi connectivity index (χ3n) is 2.27. The van der Waals surface area contributed by atoms with Gasteiger partial charge in [-0.3, -0.25) is 0 Å². The molecule has 0 saturated heterocycles. The van der Waals surface area contributed by atoms with E-state index in [2.05, 4.69) is 41.3 Å². The summed E-state index contributed by atoms with van der Waals surface area (Å²) in [5.41, 5.74) is 0.0980. The van der Waals surface area contributed by atoms with Crippen molar-refractivity contribution in [3.05, 3.63) is 10.4 Å². The van der Waals surface area contributed by atoms with Crippen LogP contribution in [0.15, 0.2) is 0 Å². The zero-order valence-corrected chi connectivity index (χ0v) is 10.7. The molecular formula is C9H14Cl2N4. The summed E-state index contributed by atoms with van der Waals surface area (Å²) in [6.45, 7) is 8.41. The van der Waals surface area contributed by atoms with Crippen LogP contribution in [0.25, 0.3) is 0 Å². The van der Waals surface area contributed by atoms with E-state index in [9.17, 15) is 0 Å². The summed E-state index contributed by atoms with van der Waals surface area (Å²) in [5.74, 6) is 0.471. The van der Waals surface area contributed by atoms with Crippen LogP contribution in [0.5, 0.6) is 0 Å². The molecule has 0 saturated carbocycles. The van der Waals surface area contributed by atoms with Crippen LogP contribution >= 0.6 is 23.2 Å². The Labute approximate surface area is 99.4 Å². The van der Waals surface area contributed by atoms with E-state index in [0.29, 0.717) is 5.82 Å². The molecule has 1 atom stereocenters. The lowest BCUT2D eigenvalue weighted by atomic mass is 9.88. The summed E-state index contributed by atoms with van der Waals surface area (Å²) in [5, 5.41) is 10.7. The molecule has 4 nitrogen and oxygen atoms in total. The number of rotatable bonds is 2. The minimum Gasteiger partial charge on any atom is -0.364 e. The number of hydrogen-bond acceptors (Lipinski definition) is 4. The highest BCUT2D eigenvalue weighted by Crippen LogP contribution is 2.24. The molecule has 0 amide bonds. The summed E-state index contributed by atoms with van der Waals surface area (Å²) in [4.78, 5) is 3.97. The predicted octanol–water partition coefficient (Wildman–Crippen LogP) is 3.02. The predicted molar refractivity (Wildman–Crippen MR) is 62.4 cm³/mol. The fourth-order valence-corrected chi connectivity index (χ4v) is 1.06. The summed E-state index contributed by atoms with van der Waals surface area (Å²) in [6, 6.07) is 0.197. The van der Waals surface area contributed by atoms with E-state index in [0.717, 1.165) is 0 Å². The Morgan fingerprint density at radius 1 is 1.20 bits per heavy atom. The fraction of sp³-hybridized carbons (Fsp3) is 0.667. The van der Waals surface area contributed by atoms with Crippen molar-refractivity contribution in [2.24, 2.45) is 5.41 Å². The Morgan fingerprint density at radius 2 is 1.80 bits per heavy atom. The lowest BCUT2D eigenvalue weighted by Crippen LogP contribution is -2.31. The van der Waals surface area contributed by atoms with Gasteiger partial charge in [-0.15, -0.1) is 10.2 Å². The number of nitrogens with one attached hydrogen (secondary N) is 1. The second-order valence-electron chi connectivity index (χ2n) is 4.45. The molecule has 6 heteroatoms. The maximum atomic E-state index is 5.83. The van der Waals surface area contributed by atoms with Crippen molar-refractivity contribution < 1.29 is 0 Å². The lowest BCUT2D eigenvalue weighted by molar-refractivity contribution is 0.358. The number of nitrogens with zero attached hydrogens (tertiary/aromatic N) is 3. The van der Waals surface area contributed by atoms with E-state index < -0.39 is 0 Å². The summed E-state index contributed by atoms with van der Waals surface area (Å²) >= 11 is 11.5. The van der Waals surface area contributed by atoms with Crippen LogP contribution in [-0.2, 0) is 0 Å². The lowest BCUT2D eigenvalue weighted by Gasteiger charge is -2.28. The molecule has 1 aromatic rings. The zero-order valence-electron chi connectivity index (χ0n) is 9.17. The van der Waals surface area contributed by atoms with Gasteiger partial charge in [0.2, 0.25) is 5.28 Å². The van der Waals surface area contributed by atoms with Crippen LogP contribution in [0, 0.1) is 5.41 Å². The third kappa shape index (κ3) is 3.47. The molecule has 0 aliphatic rings. The number of aromatic nitrogens is 3. The number of halogens is 2. The smallest absolute Gasteiger partial charge is 0.245 e. The highest BCUT2D eigenvalue weighted by molar-refractivity contribution is 6.32. The molecule has 15 heavy (non-hydrogen) atoms. The summed E-state index contributed by atoms with van der Waals surface area (Å²) < 4.78 is 0. The molecule has 1 rings (SSSR count). The zero-order chi connectivity index (χ0) is 11.6.